The Balaban J connectivity index is 2.57. The molecule has 4 nitrogen and oxygen atoms in total. The van der Waals surface area contributed by atoms with Crippen molar-refractivity contribution in [1.29, 1.82) is 0 Å². The number of hydrazine groups is 1. The molecule has 12 heavy (non-hydrogen) atoms. The molecule has 0 fully saturated rings. The van der Waals surface area contributed by atoms with Gasteiger partial charge in [-0.15, -0.1) is 0 Å². The first-order valence-corrected chi connectivity index (χ1v) is 3.88. The zero-order chi connectivity index (χ0) is 8.97. The van der Waals surface area contributed by atoms with Crippen LogP contribution in [0.3, 0.4) is 0 Å². The maximum Gasteiger partial charge on any atom is 0.123 e. The van der Waals surface area contributed by atoms with Gasteiger partial charge in [-0.05, 0) is 26.2 Å². The predicted molar refractivity (Wildman–Crippen MR) is 47.3 cm³/mol. The van der Waals surface area contributed by atoms with E-state index in [1.165, 1.54) is 0 Å². The van der Waals surface area contributed by atoms with Crippen LogP contribution in [0.2, 0.25) is 0 Å². The molecule has 1 atom stereocenters. The van der Waals surface area contributed by atoms with E-state index in [1.807, 2.05) is 31.1 Å². The van der Waals surface area contributed by atoms with Gasteiger partial charge >= 0.3 is 0 Å². The third-order valence-electron chi connectivity index (χ3n) is 1.64. The van der Waals surface area contributed by atoms with Gasteiger partial charge in [0.05, 0.1) is 12.3 Å². The SMILES string of the molecule is CN(C)CC(NN)c1ccco1. The molecule has 0 saturated carbocycles. The Labute approximate surface area is 72.3 Å². The van der Waals surface area contributed by atoms with Crippen molar-refractivity contribution in [2.24, 2.45) is 5.84 Å². The summed E-state index contributed by atoms with van der Waals surface area (Å²) in [4.78, 5) is 2.05. The summed E-state index contributed by atoms with van der Waals surface area (Å²) in [5.41, 5.74) is 2.70. The van der Waals surface area contributed by atoms with Gasteiger partial charge in [0.2, 0.25) is 0 Å². The van der Waals surface area contributed by atoms with E-state index < -0.39 is 0 Å². The lowest BCUT2D eigenvalue weighted by Gasteiger charge is -2.17. The number of likely N-dealkylation sites (N-methyl/N-ethyl adjacent to an activating group) is 1. The van der Waals surface area contributed by atoms with Crippen molar-refractivity contribution < 1.29 is 4.42 Å². The average molecular weight is 169 g/mol. The number of nitrogens with zero attached hydrogens (tertiary/aromatic N) is 1. The number of hydrogen-bond acceptors (Lipinski definition) is 4. The van der Waals surface area contributed by atoms with Gasteiger partial charge in [0, 0.05) is 6.54 Å². The minimum atomic E-state index is 0.0648. The standard InChI is InChI=1S/C8H15N3O/c1-11(2)6-7(10-9)8-4-3-5-12-8/h3-5,7,10H,6,9H2,1-2H3. The number of nitrogens with two attached hydrogens (primary N) is 1. The van der Waals surface area contributed by atoms with Crippen LogP contribution in [0.1, 0.15) is 11.8 Å². The average Bonchev–Trinajstić information content (AvgIpc) is 2.51. The quantitative estimate of drug-likeness (QED) is 0.504. The van der Waals surface area contributed by atoms with Crippen LogP contribution >= 0.6 is 0 Å². The van der Waals surface area contributed by atoms with Gasteiger partial charge in [-0.25, -0.2) is 5.43 Å². The van der Waals surface area contributed by atoms with Crippen LogP contribution in [0.25, 0.3) is 0 Å². The Morgan fingerprint density at radius 2 is 2.42 bits per heavy atom. The van der Waals surface area contributed by atoms with Crippen molar-refractivity contribution in [3.63, 3.8) is 0 Å². The topological polar surface area (TPSA) is 54.4 Å². The molecule has 0 aliphatic heterocycles. The number of furan rings is 1. The fourth-order valence-electron chi connectivity index (χ4n) is 1.08. The summed E-state index contributed by atoms with van der Waals surface area (Å²) in [7, 11) is 3.99. The summed E-state index contributed by atoms with van der Waals surface area (Å²) in [6.07, 6.45) is 1.65. The second kappa shape index (κ2) is 4.25. The highest BCUT2D eigenvalue weighted by molar-refractivity contribution is 5.04. The van der Waals surface area contributed by atoms with Crippen molar-refractivity contribution in [3.05, 3.63) is 24.2 Å². The molecular weight excluding hydrogens is 154 g/mol. The molecule has 1 aromatic heterocycles. The second-order valence-electron chi connectivity index (χ2n) is 3.00. The predicted octanol–water partition coefficient (Wildman–Crippen LogP) is 0.346. The highest BCUT2D eigenvalue weighted by Gasteiger charge is 2.12. The minimum Gasteiger partial charge on any atom is -0.468 e. The molecule has 1 rings (SSSR count). The largest absolute Gasteiger partial charge is 0.468 e. The summed E-state index contributed by atoms with van der Waals surface area (Å²) in [5.74, 6) is 6.24. The Kier molecular flexibility index (Phi) is 3.28. The molecule has 1 aromatic rings. The van der Waals surface area contributed by atoms with Gasteiger partial charge in [0.25, 0.3) is 0 Å². The van der Waals surface area contributed by atoms with Crippen LogP contribution in [0.15, 0.2) is 22.8 Å². The van der Waals surface area contributed by atoms with Crippen LogP contribution in [0.4, 0.5) is 0 Å². The fraction of sp³-hybridized carbons (Fsp3) is 0.500. The van der Waals surface area contributed by atoms with E-state index in [0.29, 0.717) is 0 Å². The molecular formula is C8H15N3O. The van der Waals surface area contributed by atoms with Crippen molar-refractivity contribution in [2.45, 2.75) is 6.04 Å². The normalized spacial score (nSPS) is 13.7. The minimum absolute atomic E-state index is 0.0648. The second-order valence-corrected chi connectivity index (χ2v) is 3.00. The van der Waals surface area contributed by atoms with Crippen molar-refractivity contribution >= 4 is 0 Å². The third-order valence-corrected chi connectivity index (χ3v) is 1.64. The summed E-state index contributed by atoms with van der Waals surface area (Å²) in [6, 6.07) is 3.83. The summed E-state index contributed by atoms with van der Waals surface area (Å²) in [5, 5.41) is 0. The van der Waals surface area contributed by atoms with E-state index in [9.17, 15) is 0 Å². The molecule has 0 bridgehead atoms. The highest BCUT2D eigenvalue weighted by Crippen LogP contribution is 2.12. The van der Waals surface area contributed by atoms with Crippen LogP contribution in [-0.4, -0.2) is 25.5 Å². The van der Waals surface area contributed by atoms with E-state index in [1.54, 1.807) is 6.26 Å². The van der Waals surface area contributed by atoms with E-state index >= 15 is 0 Å². The van der Waals surface area contributed by atoms with Crippen LogP contribution in [-0.2, 0) is 0 Å². The van der Waals surface area contributed by atoms with Crippen LogP contribution in [0, 0.1) is 0 Å². The molecule has 0 amide bonds. The van der Waals surface area contributed by atoms with Crippen LogP contribution < -0.4 is 11.3 Å². The molecule has 0 aromatic carbocycles. The Morgan fingerprint density at radius 1 is 1.67 bits per heavy atom. The van der Waals surface area contributed by atoms with Gasteiger partial charge in [-0.2, -0.15) is 0 Å². The Bertz CT molecular complexity index is 208. The summed E-state index contributed by atoms with van der Waals surface area (Å²) >= 11 is 0. The molecule has 4 heteroatoms. The molecule has 68 valence electrons. The molecule has 1 heterocycles. The van der Waals surface area contributed by atoms with E-state index in [4.69, 9.17) is 10.3 Å². The van der Waals surface area contributed by atoms with Gasteiger partial charge in [0.1, 0.15) is 5.76 Å². The summed E-state index contributed by atoms with van der Waals surface area (Å²) < 4.78 is 5.22. The first-order chi connectivity index (χ1) is 5.74. The Morgan fingerprint density at radius 3 is 2.83 bits per heavy atom. The Hall–Kier alpha value is -0.840. The molecule has 0 radical (unpaired) electrons. The lowest BCUT2D eigenvalue weighted by atomic mass is 10.2. The molecule has 0 saturated heterocycles. The first kappa shape index (κ1) is 9.25. The molecule has 0 aliphatic rings. The number of nitrogens with one attached hydrogen (secondary N) is 1. The van der Waals surface area contributed by atoms with E-state index in [-0.39, 0.29) is 6.04 Å². The lowest BCUT2D eigenvalue weighted by Crippen LogP contribution is -2.35. The molecule has 0 aliphatic carbocycles. The van der Waals surface area contributed by atoms with Crippen molar-refractivity contribution in [3.8, 4) is 0 Å². The van der Waals surface area contributed by atoms with E-state index in [0.717, 1.165) is 12.3 Å². The lowest BCUT2D eigenvalue weighted by molar-refractivity contribution is 0.311. The monoisotopic (exact) mass is 169 g/mol. The van der Waals surface area contributed by atoms with Gasteiger partial charge in [0.15, 0.2) is 0 Å². The fourth-order valence-corrected chi connectivity index (χ4v) is 1.08. The molecule has 0 spiro atoms. The third kappa shape index (κ3) is 2.34. The van der Waals surface area contributed by atoms with E-state index in [2.05, 4.69) is 5.43 Å². The maximum absolute atomic E-state index is 5.38. The first-order valence-electron chi connectivity index (χ1n) is 3.88. The zero-order valence-electron chi connectivity index (χ0n) is 7.45. The smallest absolute Gasteiger partial charge is 0.123 e. The van der Waals surface area contributed by atoms with Gasteiger partial charge in [-0.1, -0.05) is 0 Å². The number of hydrogen-bond donors (Lipinski definition) is 2. The van der Waals surface area contributed by atoms with Crippen molar-refractivity contribution in [1.82, 2.24) is 10.3 Å². The maximum atomic E-state index is 5.38. The zero-order valence-corrected chi connectivity index (χ0v) is 7.45. The summed E-state index contributed by atoms with van der Waals surface area (Å²) in [6.45, 7) is 0.823. The van der Waals surface area contributed by atoms with Gasteiger partial charge < -0.3 is 9.32 Å². The van der Waals surface area contributed by atoms with Crippen LogP contribution in [0.5, 0.6) is 0 Å². The number of rotatable bonds is 4. The molecule has 3 N–H and O–H groups in total. The van der Waals surface area contributed by atoms with Crippen molar-refractivity contribution in [2.75, 3.05) is 20.6 Å². The van der Waals surface area contributed by atoms with Gasteiger partial charge in [-0.3, -0.25) is 5.84 Å². The highest BCUT2D eigenvalue weighted by atomic mass is 16.3. The molecule has 1 unspecified atom stereocenters.